The van der Waals surface area contributed by atoms with E-state index in [2.05, 4.69) is 18.7 Å². The standard InChI is InChI=1S/C15H24N2O2/c1-4-9-17(10-5-2)11-12-7-6-8-13(16)14(12)15(18)19-3/h6-8H,4-5,9-11,16H2,1-3H3. The number of nitrogens with zero attached hydrogens (tertiary/aromatic N) is 1. The first-order valence-electron chi connectivity index (χ1n) is 6.82. The van der Waals surface area contributed by atoms with Crippen LogP contribution in [0.3, 0.4) is 0 Å². The summed E-state index contributed by atoms with van der Waals surface area (Å²) >= 11 is 0. The normalized spacial score (nSPS) is 10.7. The number of nitrogen functional groups attached to an aromatic ring is 1. The molecule has 0 amide bonds. The van der Waals surface area contributed by atoms with Crippen molar-refractivity contribution in [3.63, 3.8) is 0 Å². The Morgan fingerprint density at radius 1 is 1.26 bits per heavy atom. The number of methoxy groups -OCH3 is 1. The summed E-state index contributed by atoms with van der Waals surface area (Å²) < 4.78 is 4.82. The molecule has 4 heteroatoms. The second-order valence-corrected chi connectivity index (χ2v) is 4.65. The van der Waals surface area contributed by atoms with Crippen molar-refractivity contribution >= 4 is 11.7 Å². The van der Waals surface area contributed by atoms with Gasteiger partial charge in [0.05, 0.1) is 12.7 Å². The van der Waals surface area contributed by atoms with Crippen LogP contribution in [-0.2, 0) is 11.3 Å². The van der Waals surface area contributed by atoms with Crippen molar-refractivity contribution in [1.82, 2.24) is 4.90 Å². The van der Waals surface area contributed by atoms with Crippen LogP contribution in [0.2, 0.25) is 0 Å². The molecule has 1 rings (SSSR count). The van der Waals surface area contributed by atoms with Gasteiger partial charge in [0, 0.05) is 12.2 Å². The predicted molar refractivity (Wildman–Crippen MR) is 78.1 cm³/mol. The molecular weight excluding hydrogens is 240 g/mol. The highest BCUT2D eigenvalue weighted by molar-refractivity contribution is 5.96. The molecule has 0 aliphatic heterocycles. The summed E-state index contributed by atoms with van der Waals surface area (Å²) in [6, 6.07) is 5.56. The summed E-state index contributed by atoms with van der Waals surface area (Å²) in [6.45, 7) is 7.08. The Labute approximate surface area is 115 Å². The van der Waals surface area contributed by atoms with Crippen molar-refractivity contribution in [2.45, 2.75) is 33.2 Å². The van der Waals surface area contributed by atoms with Crippen LogP contribution in [0.1, 0.15) is 42.6 Å². The maximum atomic E-state index is 11.8. The zero-order chi connectivity index (χ0) is 14.3. The van der Waals surface area contributed by atoms with Gasteiger partial charge in [-0.1, -0.05) is 26.0 Å². The average molecular weight is 264 g/mol. The highest BCUT2D eigenvalue weighted by Gasteiger charge is 2.17. The number of esters is 1. The molecule has 1 aromatic rings. The van der Waals surface area contributed by atoms with E-state index in [9.17, 15) is 4.79 Å². The van der Waals surface area contributed by atoms with Gasteiger partial charge in [-0.2, -0.15) is 0 Å². The number of carbonyl (C=O) groups excluding carboxylic acids is 1. The Morgan fingerprint density at radius 3 is 2.42 bits per heavy atom. The van der Waals surface area contributed by atoms with Crippen molar-refractivity contribution in [3.05, 3.63) is 29.3 Å². The van der Waals surface area contributed by atoms with E-state index in [1.54, 1.807) is 6.07 Å². The molecule has 0 aromatic heterocycles. The largest absolute Gasteiger partial charge is 0.465 e. The fraction of sp³-hybridized carbons (Fsp3) is 0.533. The summed E-state index contributed by atoms with van der Waals surface area (Å²) in [4.78, 5) is 14.2. The molecule has 0 spiro atoms. The summed E-state index contributed by atoms with van der Waals surface area (Å²) in [6.07, 6.45) is 2.19. The fourth-order valence-corrected chi connectivity index (χ4v) is 2.25. The molecule has 106 valence electrons. The fourth-order valence-electron chi connectivity index (χ4n) is 2.25. The van der Waals surface area contributed by atoms with Gasteiger partial charge in [0.2, 0.25) is 0 Å². The second kappa shape index (κ2) is 7.79. The molecule has 0 unspecified atom stereocenters. The number of carbonyl (C=O) groups is 1. The summed E-state index contributed by atoms with van der Waals surface area (Å²) in [7, 11) is 1.38. The van der Waals surface area contributed by atoms with Crippen molar-refractivity contribution in [3.8, 4) is 0 Å². The van der Waals surface area contributed by atoms with Gasteiger partial charge in [-0.05, 0) is 37.6 Å². The third kappa shape index (κ3) is 4.24. The molecule has 0 radical (unpaired) electrons. The van der Waals surface area contributed by atoms with Gasteiger partial charge < -0.3 is 10.5 Å². The minimum Gasteiger partial charge on any atom is -0.465 e. The molecule has 0 fully saturated rings. The molecule has 4 nitrogen and oxygen atoms in total. The van der Waals surface area contributed by atoms with Gasteiger partial charge in [0.25, 0.3) is 0 Å². The number of nitrogens with two attached hydrogens (primary N) is 1. The molecule has 0 saturated carbocycles. The zero-order valence-corrected chi connectivity index (χ0v) is 12.1. The van der Waals surface area contributed by atoms with Gasteiger partial charge in [0.1, 0.15) is 0 Å². The Morgan fingerprint density at radius 2 is 1.89 bits per heavy atom. The lowest BCUT2D eigenvalue weighted by Gasteiger charge is -2.22. The molecule has 0 saturated heterocycles. The van der Waals surface area contributed by atoms with Crippen LogP contribution >= 0.6 is 0 Å². The Hall–Kier alpha value is -1.55. The maximum Gasteiger partial charge on any atom is 0.340 e. The lowest BCUT2D eigenvalue weighted by Crippen LogP contribution is -2.26. The monoisotopic (exact) mass is 264 g/mol. The van der Waals surface area contributed by atoms with Gasteiger partial charge in [-0.25, -0.2) is 4.79 Å². The number of hydrogen-bond acceptors (Lipinski definition) is 4. The Bertz CT molecular complexity index is 413. The van der Waals surface area contributed by atoms with E-state index < -0.39 is 0 Å². The lowest BCUT2D eigenvalue weighted by atomic mass is 10.0. The van der Waals surface area contributed by atoms with Crippen LogP contribution in [0.4, 0.5) is 5.69 Å². The van der Waals surface area contributed by atoms with Crippen LogP contribution in [0.15, 0.2) is 18.2 Å². The topological polar surface area (TPSA) is 55.6 Å². The molecule has 0 aliphatic rings. The van der Waals surface area contributed by atoms with Gasteiger partial charge >= 0.3 is 5.97 Å². The highest BCUT2D eigenvalue weighted by atomic mass is 16.5. The van der Waals surface area contributed by atoms with Crippen LogP contribution in [-0.4, -0.2) is 31.1 Å². The zero-order valence-electron chi connectivity index (χ0n) is 12.1. The number of hydrogen-bond donors (Lipinski definition) is 1. The molecule has 0 bridgehead atoms. The molecule has 0 heterocycles. The first-order valence-corrected chi connectivity index (χ1v) is 6.82. The molecular formula is C15H24N2O2. The van der Waals surface area contributed by atoms with E-state index in [1.807, 2.05) is 12.1 Å². The first-order chi connectivity index (χ1) is 9.13. The van der Waals surface area contributed by atoms with E-state index in [0.29, 0.717) is 11.3 Å². The minimum atomic E-state index is -0.360. The highest BCUT2D eigenvalue weighted by Crippen LogP contribution is 2.20. The molecule has 1 aromatic carbocycles. The smallest absolute Gasteiger partial charge is 0.340 e. The minimum absolute atomic E-state index is 0.360. The van der Waals surface area contributed by atoms with E-state index >= 15 is 0 Å². The van der Waals surface area contributed by atoms with Crippen molar-refractivity contribution in [2.75, 3.05) is 25.9 Å². The van der Waals surface area contributed by atoms with Crippen molar-refractivity contribution < 1.29 is 9.53 Å². The Balaban J connectivity index is 2.98. The third-order valence-electron chi connectivity index (χ3n) is 3.05. The average Bonchev–Trinajstić information content (AvgIpc) is 2.39. The number of ether oxygens (including phenoxy) is 1. The van der Waals surface area contributed by atoms with Gasteiger partial charge in [-0.3, -0.25) is 4.90 Å². The number of benzene rings is 1. The Kier molecular flexibility index (Phi) is 6.36. The summed E-state index contributed by atoms with van der Waals surface area (Å²) in [5.41, 5.74) is 7.83. The van der Waals surface area contributed by atoms with E-state index in [-0.39, 0.29) is 5.97 Å². The lowest BCUT2D eigenvalue weighted by molar-refractivity contribution is 0.0599. The first kappa shape index (κ1) is 15.5. The van der Waals surface area contributed by atoms with Crippen LogP contribution in [0.25, 0.3) is 0 Å². The number of rotatable bonds is 7. The second-order valence-electron chi connectivity index (χ2n) is 4.65. The molecule has 0 atom stereocenters. The molecule has 2 N–H and O–H groups in total. The van der Waals surface area contributed by atoms with E-state index in [1.165, 1.54) is 7.11 Å². The molecule has 0 aliphatic carbocycles. The summed E-state index contributed by atoms with van der Waals surface area (Å²) in [5, 5.41) is 0. The van der Waals surface area contributed by atoms with Crippen molar-refractivity contribution in [2.24, 2.45) is 0 Å². The quantitative estimate of drug-likeness (QED) is 0.607. The summed E-state index contributed by atoms with van der Waals surface area (Å²) in [5.74, 6) is -0.360. The van der Waals surface area contributed by atoms with E-state index in [0.717, 1.165) is 38.0 Å². The van der Waals surface area contributed by atoms with Gasteiger partial charge in [-0.15, -0.1) is 0 Å². The van der Waals surface area contributed by atoms with Crippen LogP contribution in [0, 0.1) is 0 Å². The maximum absolute atomic E-state index is 11.8. The predicted octanol–water partition coefficient (Wildman–Crippen LogP) is 2.68. The van der Waals surface area contributed by atoms with Crippen molar-refractivity contribution in [1.29, 1.82) is 0 Å². The third-order valence-corrected chi connectivity index (χ3v) is 3.05. The van der Waals surface area contributed by atoms with Gasteiger partial charge in [0.15, 0.2) is 0 Å². The van der Waals surface area contributed by atoms with Crippen LogP contribution in [0.5, 0.6) is 0 Å². The number of anilines is 1. The molecule has 19 heavy (non-hydrogen) atoms. The van der Waals surface area contributed by atoms with Crippen LogP contribution < -0.4 is 5.73 Å². The van der Waals surface area contributed by atoms with E-state index in [4.69, 9.17) is 10.5 Å². The SMILES string of the molecule is CCCN(CCC)Cc1cccc(N)c1C(=O)OC.